The molecule has 0 spiro atoms. The van der Waals surface area contributed by atoms with E-state index in [2.05, 4.69) is 26.0 Å². The van der Waals surface area contributed by atoms with E-state index in [9.17, 15) is 4.79 Å². The van der Waals surface area contributed by atoms with Crippen molar-refractivity contribution in [2.75, 3.05) is 24.7 Å². The van der Waals surface area contributed by atoms with Crippen molar-refractivity contribution >= 4 is 32.6 Å². The third-order valence-electron chi connectivity index (χ3n) is 5.89. The normalized spacial score (nSPS) is 10.9. The number of hydrogen-bond acceptors (Lipinski definition) is 6. The third-order valence-corrected chi connectivity index (χ3v) is 6.93. The smallest absolute Gasteiger partial charge is 0.260 e. The van der Waals surface area contributed by atoms with E-state index in [1.165, 1.54) is 16.9 Å². The summed E-state index contributed by atoms with van der Waals surface area (Å²) in [4.78, 5) is 20.8. The Morgan fingerprint density at radius 3 is 2.14 bits per heavy atom. The number of anilines is 1. The first kappa shape index (κ1) is 25.5. The minimum Gasteiger partial charge on any atom is -0.490 e. The maximum Gasteiger partial charge on any atom is 0.260 e. The van der Waals surface area contributed by atoms with Gasteiger partial charge in [-0.2, -0.15) is 0 Å². The highest BCUT2D eigenvalue weighted by Gasteiger charge is 2.26. The van der Waals surface area contributed by atoms with Crippen molar-refractivity contribution < 1.29 is 19.0 Å². The molecule has 1 heterocycles. The Labute approximate surface area is 216 Å². The number of carbonyl (C=O) groups excluding carboxylic acids is 1. The third kappa shape index (κ3) is 5.31. The predicted octanol–water partition coefficient (Wildman–Crippen LogP) is 6.96. The fourth-order valence-corrected chi connectivity index (χ4v) is 5.01. The second-order valence-electron chi connectivity index (χ2n) is 8.33. The van der Waals surface area contributed by atoms with Crippen LogP contribution in [-0.2, 0) is 6.54 Å². The van der Waals surface area contributed by atoms with Gasteiger partial charge in [0.05, 0.1) is 36.6 Å². The number of nitrogens with zero attached hydrogens (tertiary/aromatic N) is 2. The molecule has 0 atom stereocenters. The lowest BCUT2D eigenvalue weighted by Crippen LogP contribution is -2.30. The minimum absolute atomic E-state index is 0.183. The molecule has 0 bridgehead atoms. The standard InChI is InChI=1S/C29H32N2O4S/c1-6-33-23-16-22(17-24(34-7-2)27(23)35-8-3)28(32)31(18-21-12-10-9-11-13-21)29-30-26-20(5)19(4)14-15-25(26)36-29/h9-17H,6-8,18H2,1-5H3. The highest BCUT2D eigenvalue weighted by atomic mass is 32.1. The highest BCUT2D eigenvalue weighted by molar-refractivity contribution is 7.22. The van der Waals surface area contributed by atoms with Gasteiger partial charge < -0.3 is 14.2 Å². The van der Waals surface area contributed by atoms with Crippen LogP contribution in [0.1, 0.15) is 47.8 Å². The number of carbonyl (C=O) groups is 1. The van der Waals surface area contributed by atoms with E-state index >= 15 is 0 Å². The molecule has 0 radical (unpaired) electrons. The predicted molar refractivity (Wildman–Crippen MR) is 146 cm³/mol. The fourth-order valence-electron chi connectivity index (χ4n) is 3.99. The monoisotopic (exact) mass is 504 g/mol. The summed E-state index contributed by atoms with van der Waals surface area (Å²) >= 11 is 1.52. The van der Waals surface area contributed by atoms with Crippen LogP contribution in [0.15, 0.2) is 54.6 Å². The van der Waals surface area contributed by atoms with Gasteiger partial charge in [-0.1, -0.05) is 47.7 Å². The number of amides is 1. The molecule has 0 aliphatic heterocycles. The quantitative estimate of drug-likeness (QED) is 0.234. The first-order valence-electron chi connectivity index (χ1n) is 12.3. The number of ether oxygens (including phenoxy) is 3. The molecule has 6 nitrogen and oxygen atoms in total. The average Bonchev–Trinajstić information content (AvgIpc) is 3.32. The molecule has 0 unspecified atom stereocenters. The average molecular weight is 505 g/mol. The molecule has 1 aromatic heterocycles. The van der Waals surface area contributed by atoms with Crippen molar-refractivity contribution in [2.45, 2.75) is 41.2 Å². The molecule has 0 aliphatic carbocycles. The van der Waals surface area contributed by atoms with Crippen LogP contribution in [0.4, 0.5) is 5.13 Å². The fraction of sp³-hybridized carbons (Fsp3) is 0.310. The van der Waals surface area contributed by atoms with Crippen molar-refractivity contribution in [1.29, 1.82) is 0 Å². The minimum atomic E-state index is -0.183. The highest BCUT2D eigenvalue weighted by Crippen LogP contribution is 2.40. The second kappa shape index (κ2) is 11.4. The molecule has 0 fully saturated rings. The van der Waals surface area contributed by atoms with Crippen LogP contribution in [0.3, 0.4) is 0 Å². The lowest BCUT2D eigenvalue weighted by Gasteiger charge is -2.22. The Morgan fingerprint density at radius 2 is 1.53 bits per heavy atom. The first-order valence-corrected chi connectivity index (χ1v) is 13.1. The van der Waals surface area contributed by atoms with Crippen molar-refractivity contribution in [3.8, 4) is 17.2 Å². The summed E-state index contributed by atoms with van der Waals surface area (Å²) in [6, 6.07) is 17.6. The van der Waals surface area contributed by atoms with E-state index in [-0.39, 0.29) is 5.91 Å². The summed E-state index contributed by atoms with van der Waals surface area (Å²) in [5.74, 6) is 1.31. The molecule has 36 heavy (non-hydrogen) atoms. The lowest BCUT2D eigenvalue weighted by molar-refractivity contribution is 0.0984. The number of thiazole rings is 1. The first-order chi connectivity index (χ1) is 17.5. The number of aromatic nitrogens is 1. The molecule has 4 rings (SSSR count). The molecule has 1 amide bonds. The number of fused-ring (bicyclic) bond motifs is 1. The van der Waals surface area contributed by atoms with E-state index in [0.717, 1.165) is 21.3 Å². The van der Waals surface area contributed by atoms with Crippen LogP contribution >= 0.6 is 11.3 Å². The number of hydrogen-bond donors (Lipinski definition) is 0. The molecule has 0 saturated heterocycles. The van der Waals surface area contributed by atoms with E-state index < -0.39 is 0 Å². The van der Waals surface area contributed by atoms with Crippen LogP contribution in [0.25, 0.3) is 10.2 Å². The summed E-state index contributed by atoms with van der Waals surface area (Å²) < 4.78 is 18.6. The van der Waals surface area contributed by atoms with E-state index in [0.29, 0.717) is 54.3 Å². The largest absolute Gasteiger partial charge is 0.490 e. The molecule has 3 aromatic carbocycles. The van der Waals surface area contributed by atoms with Gasteiger partial charge in [0, 0.05) is 5.56 Å². The topological polar surface area (TPSA) is 60.9 Å². The van der Waals surface area contributed by atoms with Crippen molar-refractivity contribution in [3.05, 3.63) is 76.9 Å². The summed E-state index contributed by atoms with van der Waals surface area (Å²) in [6.07, 6.45) is 0. The van der Waals surface area contributed by atoms with Crippen molar-refractivity contribution in [1.82, 2.24) is 4.98 Å². The van der Waals surface area contributed by atoms with Gasteiger partial charge in [0.1, 0.15) is 0 Å². The number of rotatable bonds is 10. The van der Waals surface area contributed by atoms with Crippen LogP contribution in [0, 0.1) is 13.8 Å². The Kier molecular flexibility index (Phi) is 8.10. The van der Waals surface area contributed by atoms with Gasteiger partial charge in [-0.3, -0.25) is 9.69 Å². The van der Waals surface area contributed by atoms with Gasteiger partial charge in [0.25, 0.3) is 5.91 Å². The molecule has 188 valence electrons. The van der Waals surface area contributed by atoms with E-state index in [4.69, 9.17) is 19.2 Å². The molecular weight excluding hydrogens is 472 g/mol. The molecule has 4 aromatic rings. The van der Waals surface area contributed by atoms with E-state index in [1.54, 1.807) is 17.0 Å². The van der Waals surface area contributed by atoms with Gasteiger partial charge in [-0.05, 0) is 69.5 Å². The second-order valence-corrected chi connectivity index (χ2v) is 9.34. The van der Waals surface area contributed by atoms with Gasteiger partial charge in [-0.15, -0.1) is 0 Å². The Bertz CT molecular complexity index is 1320. The van der Waals surface area contributed by atoms with E-state index in [1.807, 2.05) is 51.1 Å². The molecule has 0 aliphatic rings. The zero-order valence-corrected chi connectivity index (χ0v) is 22.3. The molecule has 7 heteroatoms. The molecule has 0 N–H and O–H groups in total. The molecular formula is C29H32N2O4S. The van der Waals surface area contributed by atoms with Gasteiger partial charge >= 0.3 is 0 Å². The SMILES string of the molecule is CCOc1cc(C(=O)N(Cc2ccccc2)c2nc3c(C)c(C)ccc3s2)cc(OCC)c1OCC. The van der Waals surface area contributed by atoms with Crippen molar-refractivity contribution in [2.24, 2.45) is 0 Å². The zero-order chi connectivity index (χ0) is 25.7. The number of benzene rings is 3. The van der Waals surface area contributed by atoms with Crippen LogP contribution in [0.2, 0.25) is 0 Å². The summed E-state index contributed by atoms with van der Waals surface area (Å²) in [6.45, 7) is 11.6. The lowest BCUT2D eigenvalue weighted by atomic mass is 10.1. The van der Waals surface area contributed by atoms with Gasteiger partial charge in [0.2, 0.25) is 5.75 Å². The van der Waals surface area contributed by atoms with Gasteiger partial charge in [-0.25, -0.2) is 4.98 Å². The zero-order valence-electron chi connectivity index (χ0n) is 21.5. The number of aryl methyl sites for hydroxylation is 2. The Hall–Kier alpha value is -3.58. The maximum atomic E-state index is 14.1. The Morgan fingerprint density at radius 1 is 0.889 bits per heavy atom. The van der Waals surface area contributed by atoms with Crippen LogP contribution in [0.5, 0.6) is 17.2 Å². The summed E-state index contributed by atoms with van der Waals surface area (Å²) in [7, 11) is 0. The maximum absolute atomic E-state index is 14.1. The molecule has 0 saturated carbocycles. The summed E-state index contributed by atoms with van der Waals surface area (Å²) in [5, 5.41) is 0.650. The van der Waals surface area contributed by atoms with Crippen LogP contribution < -0.4 is 19.1 Å². The summed E-state index contributed by atoms with van der Waals surface area (Å²) in [5.41, 5.74) is 4.69. The Balaban J connectivity index is 1.83. The van der Waals surface area contributed by atoms with Gasteiger partial charge in [0.15, 0.2) is 16.6 Å². The van der Waals surface area contributed by atoms with Crippen molar-refractivity contribution in [3.63, 3.8) is 0 Å². The van der Waals surface area contributed by atoms with Crippen LogP contribution in [-0.4, -0.2) is 30.7 Å².